The molecule has 4 rings (SSSR count). The maximum Gasteiger partial charge on any atom is 0.288 e. The summed E-state index contributed by atoms with van der Waals surface area (Å²) in [7, 11) is 3.06. The van der Waals surface area contributed by atoms with Gasteiger partial charge in [-0.15, -0.1) is 0 Å². The molecule has 0 aliphatic carbocycles. The molecule has 138 valence electrons. The normalized spacial score (nSPS) is 15.6. The summed E-state index contributed by atoms with van der Waals surface area (Å²) < 4.78 is 16.3. The molecule has 1 atom stereocenters. The first kappa shape index (κ1) is 17.4. The summed E-state index contributed by atoms with van der Waals surface area (Å²) in [6, 6.07) is 7.82. The van der Waals surface area contributed by atoms with E-state index in [1.807, 2.05) is 6.92 Å². The van der Waals surface area contributed by atoms with Crippen molar-refractivity contribution in [3.8, 4) is 11.5 Å². The van der Waals surface area contributed by atoms with E-state index in [0.717, 1.165) is 5.56 Å². The summed E-state index contributed by atoms with van der Waals surface area (Å²) in [4.78, 5) is 25.6. The molecule has 27 heavy (non-hydrogen) atoms. The lowest BCUT2D eigenvalue weighted by Gasteiger charge is -2.15. The molecule has 2 aromatic carbocycles. The SMILES string of the molecule is COc1ccc(C2NC(=O)c3oc4cc(C)c(Cl)cc4c(=O)c32)cc1OC. The Balaban J connectivity index is 1.94. The number of amides is 1. The largest absolute Gasteiger partial charge is 0.493 e. The number of hydrogen-bond acceptors (Lipinski definition) is 5. The summed E-state index contributed by atoms with van der Waals surface area (Å²) in [6.45, 7) is 1.81. The third-order valence-electron chi connectivity index (χ3n) is 4.72. The predicted molar refractivity (Wildman–Crippen MR) is 101 cm³/mol. The highest BCUT2D eigenvalue weighted by Crippen LogP contribution is 2.36. The lowest BCUT2D eigenvalue weighted by Crippen LogP contribution is -2.22. The van der Waals surface area contributed by atoms with E-state index in [2.05, 4.69) is 5.32 Å². The zero-order chi connectivity index (χ0) is 19.3. The zero-order valence-electron chi connectivity index (χ0n) is 14.9. The van der Waals surface area contributed by atoms with Crippen molar-refractivity contribution in [2.75, 3.05) is 14.2 Å². The minimum atomic E-state index is -0.645. The minimum absolute atomic E-state index is 0.0222. The van der Waals surface area contributed by atoms with Gasteiger partial charge in [0.05, 0.1) is 31.2 Å². The van der Waals surface area contributed by atoms with E-state index in [4.69, 9.17) is 25.5 Å². The van der Waals surface area contributed by atoms with Crippen LogP contribution in [0.1, 0.15) is 33.3 Å². The van der Waals surface area contributed by atoms with Crippen LogP contribution in [0.15, 0.2) is 39.5 Å². The van der Waals surface area contributed by atoms with Crippen LogP contribution in [0.2, 0.25) is 5.02 Å². The molecule has 7 heteroatoms. The van der Waals surface area contributed by atoms with Gasteiger partial charge in [-0.2, -0.15) is 0 Å². The highest BCUT2D eigenvalue weighted by molar-refractivity contribution is 6.32. The number of fused-ring (bicyclic) bond motifs is 2. The molecule has 1 amide bonds. The van der Waals surface area contributed by atoms with Gasteiger partial charge in [0, 0.05) is 5.02 Å². The maximum atomic E-state index is 13.1. The van der Waals surface area contributed by atoms with E-state index in [9.17, 15) is 9.59 Å². The Morgan fingerprint density at radius 3 is 2.52 bits per heavy atom. The van der Waals surface area contributed by atoms with E-state index >= 15 is 0 Å². The molecule has 0 fully saturated rings. The molecule has 0 saturated heterocycles. The van der Waals surface area contributed by atoms with Gasteiger partial charge in [0.15, 0.2) is 16.9 Å². The molecule has 0 spiro atoms. The van der Waals surface area contributed by atoms with Gasteiger partial charge in [-0.1, -0.05) is 17.7 Å². The van der Waals surface area contributed by atoms with Crippen LogP contribution < -0.4 is 20.2 Å². The summed E-state index contributed by atoms with van der Waals surface area (Å²) >= 11 is 6.17. The van der Waals surface area contributed by atoms with Crippen LogP contribution in [0.25, 0.3) is 11.0 Å². The quantitative estimate of drug-likeness (QED) is 0.745. The van der Waals surface area contributed by atoms with Crippen LogP contribution in [0.4, 0.5) is 0 Å². The number of carbonyl (C=O) groups is 1. The first-order chi connectivity index (χ1) is 12.9. The third kappa shape index (κ3) is 2.64. The molecular formula is C20H16ClNO5. The van der Waals surface area contributed by atoms with E-state index in [1.54, 1.807) is 30.3 Å². The van der Waals surface area contributed by atoms with Crippen molar-refractivity contribution in [2.24, 2.45) is 0 Å². The summed E-state index contributed by atoms with van der Waals surface area (Å²) in [5, 5.41) is 3.61. The monoisotopic (exact) mass is 385 g/mol. The fraction of sp³-hybridized carbons (Fsp3) is 0.200. The number of methoxy groups -OCH3 is 2. The Bertz CT molecular complexity index is 1150. The van der Waals surface area contributed by atoms with Gasteiger partial charge in [-0.25, -0.2) is 0 Å². The second kappa shape index (κ2) is 6.32. The van der Waals surface area contributed by atoms with Crippen LogP contribution in [-0.2, 0) is 0 Å². The van der Waals surface area contributed by atoms with E-state index in [1.165, 1.54) is 14.2 Å². The van der Waals surface area contributed by atoms with Crippen molar-refractivity contribution in [3.05, 3.63) is 68.0 Å². The lowest BCUT2D eigenvalue weighted by molar-refractivity contribution is 0.0938. The summed E-state index contributed by atoms with van der Waals surface area (Å²) in [5.74, 6) is 0.644. The second-order valence-corrected chi connectivity index (χ2v) is 6.70. The number of carbonyl (C=O) groups excluding carboxylic acids is 1. The predicted octanol–water partition coefficient (Wildman–Crippen LogP) is 3.60. The zero-order valence-corrected chi connectivity index (χ0v) is 15.6. The van der Waals surface area contributed by atoms with Crippen molar-refractivity contribution >= 4 is 28.5 Å². The number of hydrogen-bond donors (Lipinski definition) is 1. The Morgan fingerprint density at radius 2 is 1.81 bits per heavy atom. The van der Waals surface area contributed by atoms with Crippen molar-refractivity contribution in [3.63, 3.8) is 0 Å². The van der Waals surface area contributed by atoms with Gasteiger partial charge in [0.1, 0.15) is 5.58 Å². The molecule has 1 N–H and O–H groups in total. The average molecular weight is 386 g/mol. The van der Waals surface area contributed by atoms with Crippen LogP contribution in [0, 0.1) is 6.92 Å². The molecule has 0 bridgehead atoms. The van der Waals surface area contributed by atoms with Crippen LogP contribution in [-0.4, -0.2) is 20.1 Å². The Kier molecular flexibility index (Phi) is 4.08. The van der Waals surface area contributed by atoms with Gasteiger partial charge in [-0.05, 0) is 42.3 Å². The van der Waals surface area contributed by atoms with Crippen LogP contribution in [0.5, 0.6) is 11.5 Å². The third-order valence-corrected chi connectivity index (χ3v) is 5.13. The molecule has 6 nitrogen and oxygen atoms in total. The number of benzene rings is 2. The van der Waals surface area contributed by atoms with Crippen molar-refractivity contribution in [1.82, 2.24) is 5.32 Å². The summed E-state index contributed by atoms with van der Waals surface area (Å²) in [5.41, 5.74) is 1.77. The highest BCUT2D eigenvalue weighted by atomic mass is 35.5. The Hall–Kier alpha value is -2.99. The Morgan fingerprint density at radius 1 is 1.07 bits per heavy atom. The van der Waals surface area contributed by atoms with Crippen LogP contribution in [0.3, 0.4) is 0 Å². The molecule has 3 aromatic rings. The molecule has 1 unspecified atom stereocenters. The van der Waals surface area contributed by atoms with E-state index in [0.29, 0.717) is 33.1 Å². The Labute approximate surface area is 159 Å². The number of halogens is 1. The highest BCUT2D eigenvalue weighted by Gasteiger charge is 2.36. The fourth-order valence-corrected chi connectivity index (χ4v) is 3.48. The second-order valence-electron chi connectivity index (χ2n) is 6.29. The number of ether oxygens (including phenoxy) is 2. The molecular weight excluding hydrogens is 370 g/mol. The number of nitrogens with one attached hydrogen (secondary N) is 1. The molecule has 0 radical (unpaired) electrons. The maximum absolute atomic E-state index is 13.1. The number of aryl methyl sites for hydroxylation is 1. The molecule has 1 aromatic heterocycles. The minimum Gasteiger partial charge on any atom is -0.493 e. The average Bonchev–Trinajstić information content (AvgIpc) is 3.00. The number of rotatable bonds is 3. The van der Waals surface area contributed by atoms with Gasteiger partial charge < -0.3 is 19.2 Å². The fourth-order valence-electron chi connectivity index (χ4n) is 3.31. The van der Waals surface area contributed by atoms with Gasteiger partial charge >= 0.3 is 0 Å². The van der Waals surface area contributed by atoms with E-state index in [-0.39, 0.29) is 16.8 Å². The molecule has 0 saturated carbocycles. The van der Waals surface area contributed by atoms with Crippen molar-refractivity contribution < 1.29 is 18.7 Å². The van der Waals surface area contributed by atoms with Crippen molar-refractivity contribution in [1.29, 1.82) is 0 Å². The van der Waals surface area contributed by atoms with Crippen molar-refractivity contribution in [2.45, 2.75) is 13.0 Å². The molecule has 1 aliphatic rings. The van der Waals surface area contributed by atoms with Gasteiger partial charge in [0.2, 0.25) is 5.76 Å². The lowest BCUT2D eigenvalue weighted by atomic mass is 9.98. The van der Waals surface area contributed by atoms with Gasteiger partial charge in [0.25, 0.3) is 5.91 Å². The topological polar surface area (TPSA) is 77.8 Å². The first-order valence-corrected chi connectivity index (χ1v) is 8.62. The summed E-state index contributed by atoms with van der Waals surface area (Å²) in [6.07, 6.45) is 0. The standard InChI is InChI=1S/C20H16ClNO5/c1-9-6-14-11(8-12(9)21)18(23)16-17(22-20(24)19(16)27-14)10-4-5-13(25-2)15(7-10)26-3/h4-8,17H,1-3H3,(H,22,24). The molecule has 1 aliphatic heterocycles. The van der Waals surface area contributed by atoms with Crippen LogP contribution >= 0.6 is 11.6 Å². The van der Waals surface area contributed by atoms with E-state index < -0.39 is 11.9 Å². The van der Waals surface area contributed by atoms with Gasteiger partial charge in [-0.3, -0.25) is 9.59 Å². The molecule has 2 heterocycles. The smallest absolute Gasteiger partial charge is 0.288 e. The first-order valence-electron chi connectivity index (χ1n) is 8.24.